The summed E-state index contributed by atoms with van der Waals surface area (Å²) in [5, 5.41) is 4.98. The number of piperazine rings is 1. The van der Waals surface area contributed by atoms with Gasteiger partial charge in [-0.2, -0.15) is 5.10 Å². The minimum Gasteiger partial charge on any atom is -0.366 e. The first-order valence-corrected chi connectivity index (χ1v) is 8.98. The fraction of sp³-hybridized carbons (Fsp3) is 0.300. The van der Waals surface area contributed by atoms with E-state index in [9.17, 15) is 9.18 Å². The molecule has 1 amide bonds. The molecular weight excluding hydrogens is 381 g/mol. The Labute approximate surface area is 169 Å². The van der Waals surface area contributed by atoms with E-state index in [1.165, 1.54) is 11.6 Å². The summed E-state index contributed by atoms with van der Waals surface area (Å²) in [6, 6.07) is 10.6. The molecule has 1 aliphatic rings. The molecule has 3 aromatic rings. The van der Waals surface area contributed by atoms with Gasteiger partial charge < -0.3 is 10.6 Å². The van der Waals surface area contributed by atoms with Crippen LogP contribution in [0.1, 0.15) is 15.9 Å². The van der Waals surface area contributed by atoms with Crippen LogP contribution in [0.3, 0.4) is 0 Å². The monoisotopic (exact) mass is 403 g/mol. The van der Waals surface area contributed by atoms with Crippen LogP contribution in [0.25, 0.3) is 16.6 Å². The summed E-state index contributed by atoms with van der Waals surface area (Å²) in [5.74, 6) is -1.19. The van der Waals surface area contributed by atoms with Crippen molar-refractivity contribution in [2.45, 2.75) is 6.54 Å². The number of nitrogens with zero attached hydrogens (tertiary/aromatic N) is 4. The number of hydrogen-bond acceptors (Lipinski definition) is 4. The predicted octanol–water partition coefficient (Wildman–Crippen LogP) is 2.43. The zero-order valence-electron chi connectivity index (χ0n) is 15.6. The van der Waals surface area contributed by atoms with Crippen LogP contribution < -0.4 is 5.73 Å². The molecule has 1 aliphatic heterocycles. The van der Waals surface area contributed by atoms with Crippen LogP contribution >= 0.6 is 12.4 Å². The molecule has 148 valence electrons. The second-order valence-electron chi connectivity index (χ2n) is 7.07. The highest BCUT2D eigenvalue weighted by Crippen LogP contribution is 2.21. The number of fused-ring (bicyclic) bond motifs is 1. The molecule has 0 radical (unpaired) electrons. The molecule has 0 aliphatic carbocycles. The minimum absolute atomic E-state index is 0. The van der Waals surface area contributed by atoms with E-state index < -0.39 is 11.7 Å². The Balaban J connectivity index is 0.00000225. The fourth-order valence-electron chi connectivity index (χ4n) is 3.44. The maximum atomic E-state index is 13.7. The van der Waals surface area contributed by atoms with Gasteiger partial charge in [-0.25, -0.2) is 9.07 Å². The molecule has 2 heterocycles. The lowest BCUT2D eigenvalue weighted by atomic mass is 10.1. The van der Waals surface area contributed by atoms with Crippen LogP contribution in [-0.2, 0) is 6.54 Å². The molecule has 1 aromatic heterocycles. The van der Waals surface area contributed by atoms with Gasteiger partial charge in [-0.3, -0.25) is 9.69 Å². The van der Waals surface area contributed by atoms with Crippen LogP contribution in [0.2, 0.25) is 0 Å². The fourth-order valence-corrected chi connectivity index (χ4v) is 3.44. The topological polar surface area (TPSA) is 67.4 Å². The molecule has 2 N–H and O–H groups in total. The van der Waals surface area contributed by atoms with Crippen molar-refractivity contribution in [1.29, 1.82) is 0 Å². The number of amides is 1. The first kappa shape index (κ1) is 20.3. The molecule has 28 heavy (non-hydrogen) atoms. The van der Waals surface area contributed by atoms with Gasteiger partial charge in [0.05, 0.1) is 11.3 Å². The van der Waals surface area contributed by atoms with E-state index in [2.05, 4.69) is 34.1 Å². The average molecular weight is 404 g/mol. The summed E-state index contributed by atoms with van der Waals surface area (Å²) in [7, 11) is 2.15. The average Bonchev–Trinajstić information content (AvgIpc) is 3.07. The molecule has 0 bridgehead atoms. The molecule has 1 fully saturated rings. The molecular formula is C20H23ClFN5O. The van der Waals surface area contributed by atoms with Gasteiger partial charge in [0.25, 0.3) is 5.91 Å². The second kappa shape index (κ2) is 8.26. The van der Waals surface area contributed by atoms with Gasteiger partial charge in [0.2, 0.25) is 0 Å². The van der Waals surface area contributed by atoms with Crippen LogP contribution in [0.15, 0.2) is 42.6 Å². The molecule has 4 rings (SSSR count). The van der Waals surface area contributed by atoms with E-state index in [1.54, 1.807) is 10.9 Å². The number of carbonyl (C=O) groups excluding carboxylic acids is 1. The van der Waals surface area contributed by atoms with Crippen molar-refractivity contribution in [3.63, 3.8) is 0 Å². The number of aromatic nitrogens is 2. The van der Waals surface area contributed by atoms with Gasteiger partial charge in [0, 0.05) is 44.3 Å². The van der Waals surface area contributed by atoms with E-state index in [-0.39, 0.29) is 18.0 Å². The molecule has 0 atom stereocenters. The lowest BCUT2D eigenvalue weighted by Gasteiger charge is -2.32. The van der Waals surface area contributed by atoms with Crippen molar-refractivity contribution in [2.24, 2.45) is 5.73 Å². The number of halogens is 2. The number of carbonyl (C=O) groups is 1. The second-order valence-corrected chi connectivity index (χ2v) is 7.07. The number of hydrogen-bond donors (Lipinski definition) is 1. The number of benzene rings is 2. The molecule has 6 nitrogen and oxygen atoms in total. The number of primary amides is 1. The Morgan fingerprint density at radius 2 is 1.82 bits per heavy atom. The van der Waals surface area contributed by atoms with Crippen LogP contribution in [-0.4, -0.2) is 58.7 Å². The molecule has 1 saturated heterocycles. The summed E-state index contributed by atoms with van der Waals surface area (Å²) in [6.07, 6.45) is 1.71. The third-order valence-electron chi connectivity index (χ3n) is 5.04. The third kappa shape index (κ3) is 4.16. The predicted molar refractivity (Wildman–Crippen MR) is 110 cm³/mol. The van der Waals surface area contributed by atoms with E-state index in [1.807, 2.05) is 12.1 Å². The third-order valence-corrected chi connectivity index (χ3v) is 5.04. The largest absolute Gasteiger partial charge is 0.366 e. The summed E-state index contributed by atoms with van der Waals surface area (Å²) in [5.41, 5.74) is 7.94. The highest BCUT2D eigenvalue weighted by molar-refractivity contribution is 6.04. The van der Waals surface area contributed by atoms with Crippen LogP contribution in [0, 0.1) is 5.82 Å². The number of nitrogens with two attached hydrogens (primary N) is 1. The summed E-state index contributed by atoms with van der Waals surface area (Å²) < 4.78 is 15.4. The van der Waals surface area contributed by atoms with Gasteiger partial charge in [-0.1, -0.05) is 12.1 Å². The van der Waals surface area contributed by atoms with E-state index in [0.717, 1.165) is 44.5 Å². The summed E-state index contributed by atoms with van der Waals surface area (Å²) in [6.45, 7) is 5.26. The molecule has 0 saturated carbocycles. The van der Waals surface area contributed by atoms with Crippen molar-refractivity contribution in [2.75, 3.05) is 33.2 Å². The Hall–Kier alpha value is -2.48. The van der Waals surface area contributed by atoms with Crippen LogP contribution in [0.4, 0.5) is 4.39 Å². The Morgan fingerprint density at radius 1 is 1.14 bits per heavy atom. The standard InChI is InChI=1S/C20H22FN5O.ClH/c1-24-6-8-25(9-7-24)12-14-2-4-17(5-3-14)26-13-15-10-16(21)11-18(20(22)27)19(15)23-26;/h2-5,10-11,13H,6-9,12H2,1H3,(H2,22,27);1H. The lowest BCUT2D eigenvalue weighted by Crippen LogP contribution is -2.43. The number of likely N-dealkylation sites (N-methyl/N-ethyl adjacent to an activating group) is 1. The quantitative estimate of drug-likeness (QED) is 0.726. The Morgan fingerprint density at radius 3 is 2.46 bits per heavy atom. The maximum Gasteiger partial charge on any atom is 0.251 e. The Kier molecular flexibility index (Phi) is 5.98. The van der Waals surface area contributed by atoms with Gasteiger partial charge in [0.15, 0.2) is 0 Å². The van der Waals surface area contributed by atoms with Crippen LogP contribution in [0.5, 0.6) is 0 Å². The SMILES string of the molecule is CN1CCN(Cc2ccc(-n3cc4cc(F)cc(C(N)=O)c4n3)cc2)CC1.Cl. The molecule has 8 heteroatoms. The highest BCUT2D eigenvalue weighted by atomic mass is 35.5. The van der Waals surface area contributed by atoms with Crippen molar-refractivity contribution < 1.29 is 9.18 Å². The van der Waals surface area contributed by atoms with Gasteiger partial charge in [-0.05, 0) is 36.9 Å². The van der Waals surface area contributed by atoms with Gasteiger partial charge >= 0.3 is 0 Å². The lowest BCUT2D eigenvalue weighted by molar-refractivity contribution is 0.100. The zero-order chi connectivity index (χ0) is 19.0. The van der Waals surface area contributed by atoms with Crippen molar-refractivity contribution >= 4 is 29.2 Å². The maximum absolute atomic E-state index is 13.7. The minimum atomic E-state index is -0.688. The summed E-state index contributed by atoms with van der Waals surface area (Å²) in [4.78, 5) is 16.3. The summed E-state index contributed by atoms with van der Waals surface area (Å²) >= 11 is 0. The van der Waals surface area contributed by atoms with Gasteiger partial charge in [0.1, 0.15) is 11.3 Å². The van der Waals surface area contributed by atoms with E-state index in [4.69, 9.17) is 5.73 Å². The first-order chi connectivity index (χ1) is 13.0. The van der Waals surface area contributed by atoms with Crippen molar-refractivity contribution in [1.82, 2.24) is 19.6 Å². The van der Waals surface area contributed by atoms with Gasteiger partial charge in [-0.15, -0.1) is 12.4 Å². The smallest absolute Gasteiger partial charge is 0.251 e. The molecule has 2 aromatic carbocycles. The Bertz CT molecular complexity index is 980. The number of rotatable bonds is 4. The zero-order valence-corrected chi connectivity index (χ0v) is 16.5. The van der Waals surface area contributed by atoms with E-state index >= 15 is 0 Å². The van der Waals surface area contributed by atoms with Crippen molar-refractivity contribution in [3.8, 4) is 5.69 Å². The normalized spacial score (nSPS) is 15.5. The van der Waals surface area contributed by atoms with E-state index in [0.29, 0.717) is 10.9 Å². The van der Waals surface area contributed by atoms with Crippen molar-refractivity contribution in [3.05, 3.63) is 59.5 Å². The molecule has 0 spiro atoms. The first-order valence-electron chi connectivity index (χ1n) is 8.98. The molecule has 0 unspecified atom stereocenters. The highest BCUT2D eigenvalue weighted by Gasteiger charge is 2.15.